The first kappa shape index (κ1) is 17.1. The van der Waals surface area contributed by atoms with Crippen molar-refractivity contribution < 1.29 is 14.3 Å². The molecule has 0 spiro atoms. The van der Waals surface area contributed by atoms with Gasteiger partial charge >= 0.3 is 5.97 Å². The van der Waals surface area contributed by atoms with Crippen molar-refractivity contribution in [2.45, 2.75) is 6.92 Å². The lowest BCUT2D eigenvalue weighted by Crippen LogP contribution is -2.13. The van der Waals surface area contributed by atoms with Crippen LogP contribution in [0.2, 0.25) is 0 Å². The van der Waals surface area contributed by atoms with Gasteiger partial charge in [0.05, 0.1) is 17.7 Å². The SMILES string of the molecule is C=CCNc1ncc(C(=O)Nc2ccc(C(=O)OCC)cc2)cn1. The molecule has 0 aliphatic carbocycles. The summed E-state index contributed by atoms with van der Waals surface area (Å²) in [6.45, 7) is 6.18. The summed E-state index contributed by atoms with van der Waals surface area (Å²) in [4.78, 5) is 31.8. The average molecular weight is 326 g/mol. The maximum Gasteiger partial charge on any atom is 0.338 e. The lowest BCUT2D eigenvalue weighted by atomic mass is 10.2. The van der Waals surface area contributed by atoms with Gasteiger partial charge in [-0.25, -0.2) is 14.8 Å². The molecule has 0 aliphatic rings. The highest BCUT2D eigenvalue weighted by Gasteiger charge is 2.09. The van der Waals surface area contributed by atoms with Gasteiger partial charge in [-0.15, -0.1) is 6.58 Å². The van der Waals surface area contributed by atoms with E-state index in [9.17, 15) is 9.59 Å². The Morgan fingerprint density at radius 1 is 1.17 bits per heavy atom. The van der Waals surface area contributed by atoms with Crippen LogP contribution in [0.5, 0.6) is 0 Å². The van der Waals surface area contributed by atoms with Crippen LogP contribution in [0.1, 0.15) is 27.6 Å². The number of carbonyl (C=O) groups excluding carboxylic acids is 2. The van der Waals surface area contributed by atoms with Gasteiger partial charge in [-0.1, -0.05) is 6.08 Å². The molecular weight excluding hydrogens is 308 g/mol. The Bertz CT molecular complexity index is 712. The van der Waals surface area contributed by atoms with E-state index in [0.29, 0.717) is 35.9 Å². The van der Waals surface area contributed by atoms with Gasteiger partial charge < -0.3 is 15.4 Å². The zero-order valence-electron chi connectivity index (χ0n) is 13.3. The standard InChI is InChI=1S/C17H18N4O3/c1-3-9-18-17-19-10-13(11-20-17)15(22)21-14-7-5-12(6-8-14)16(23)24-4-2/h3,5-8,10-11H,1,4,9H2,2H3,(H,21,22)(H,18,19,20). The zero-order valence-corrected chi connectivity index (χ0v) is 13.3. The predicted octanol–water partition coefficient (Wildman–Crippen LogP) is 2.50. The van der Waals surface area contributed by atoms with E-state index in [1.807, 2.05) is 0 Å². The Hall–Kier alpha value is -3.22. The van der Waals surface area contributed by atoms with Gasteiger partial charge in [0.1, 0.15) is 0 Å². The van der Waals surface area contributed by atoms with Crippen LogP contribution in [0.15, 0.2) is 49.3 Å². The molecule has 7 nitrogen and oxygen atoms in total. The van der Waals surface area contributed by atoms with Crippen LogP contribution < -0.4 is 10.6 Å². The number of benzene rings is 1. The second-order valence-corrected chi connectivity index (χ2v) is 4.72. The molecule has 0 radical (unpaired) electrons. The Labute approximate surface area is 139 Å². The van der Waals surface area contributed by atoms with Gasteiger partial charge in [0.2, 0.25) is 5.95 Å². The number of carbonyl (C=O) groups is 2. The molecule has 24 heavy (non-hydrogen) atoms. The molecule has 2 rings (SSSR count). The van der Waals surface area contributed by atoms with Crippen molar-refractivity contribution in [3.63, 3.8) is 0 Å². The van der Waals surface area contributed by atoms with E-state index in [4.69, 9.17) is 4.74 Å². The molecule has 0 bridgehead atoms. The molecule has 1 amide bonds. The Kier molecular flexibility index (Phi) is 6.01. The average Bonchev–Trinajstić information content (AvgIpc) is 2.61. The molecule has 1 aromatic heterocycles. The van der Waals surface area contributed by atoms with Gasteiger partial charge in [0, 0.05) is 24.6 Å². The maximum atomic E-state index is 12.1. The van der Waals surface area contributed by atoms with Crippen molar-refractivity contribution >= 4 is 23.5 Å². The normalized spacial score (nSPS) is 9.88. The number of amides is 1. The first-order chi connectivity index (χ1) is 11.6. The number of nitrogens with zero attached hydrogens (tertiary/aromatic N) is 2. The highest BCUT2D eigenvalue weighted by molar-refractivity contribution is 6.04. The lowest BCUT2D eigenvalue weighted by Gasteiger charge is -2.07. The van der Waals surface area contributed by atoms with Gasteiger partial charge in [0.25, 0.3) is 5.91 Å². The minimum Gasteiger partial charge on any atom is -0.462 e. The fraction of sp³-hybridized carbons (Fsp3) is 0.176. The third kappa shape index (κ3) is 4.64. The van der Waals surface area contributed by atoms with Crippen LogP contribution in [-0.2, 0) is 4.74 Å². The summed E-state index contributed by atoms with van der Waals surface area (Å²) in [5.41, 5.74) is 1.31. The highest BCUT2D eigenvalue weighted by atomic mass is 16.5. The van der Waals surface area contributed by atoms with Crippen LogP contribution >= 0.6 is 0 Å². The molecule has 1 aromatic carbocycles. The molecule has 0 saturated heterocycles. The Balaban J connectivity index is 1.98. The highest BCUT2D eigenvalue weighted by Crippen LogP contribution is 2.12. The molecule has 2 aromatic rings. The van der Waals surface area contributed by atoms with Gasteiger partial charge in [-0.05, 0) is 31.2 Å². The largest absolute Gasteiger partial charge is 0.462 e. The van der Waals surface area contributed by atoms with E-state index >= 15 is 0 Å². The lowest BCUT2D eigenvalue weighted by molar-refractivity contribution is 0.0526. The summed E-state index contributed by atoms with van der Waals surface area (Å²) >= 11 is 0. The fourth-order valence-electron chi connectivity index (χ4n) is 1.81. The number of esters is 1. The van der Waals surface area contributed by atoms with Crippen molar-refractivity contribution in [3.05, 3.63) is 60.4 Å². The molecule has 0 saturated carbocycles. The minimum atomic E-state index is -0.397. The number of nitrogens with one attached hydrogen (secondary N) is 2. The zero-order chi connectivity index (χ0) is 17.4. The van der Waals surface area contributed by atoms with Gasteiger partial charge in [-0.2, -0.15) is 0 Å². The summed E-state index contributed by atoms with van der Waals surface area (Å²) in [6.07, 6.45) is 4.55. The summed E-state index contributed by atoms with van der Waals surface area (Å²) in [5.74, 6) is -0.314. The van der Waals surface area contributed by atoms with E-state index in [-0.39, 0.29) is 5.91 Å². The third-order valence-electron chi connectivity index (χ3n) is 2.97. The summed E-state index contributed by atoms with van der Waals surface area (Å²) in [7, 11) is 0. The molecule has 0 atom stereocenters. The van der Waals surface area contributed by atoms with Crippen molar-refractivity contribution in [1.29, 1.82) is 0 Å². The van der Waals surface area contributed by atoms with E-state index in [0.717, 1.165) is 0 Å². The Morgan fingerprint density at radius 2 is 1.83 bits per heavy atom. The number of hydrogen-bond acceptors (Lipinski definition) is 6. The molecule has 124 valence electrons. The quantitative estimate of drug-likeness (QED) is 0.600. The van der Waals surface area contributed by atoms with Crippen LogP contribution in [0.4, 0.5) is 11.6 Å². The predicted molar refractivity (Wildman–Crippen MR) is 91.1 cm³/mol. The Morgan fingerprint density at radius 3 is 2.42 bits per heavy atom. The van der Waals surface area contributed by atoms with Gasteiger partial charge in [0.15, 0.2) is 0 Å². The van der Waals surface area contributed by atoms with Crippen molar-refractivity contribution in [1.82, 2.24) is 9.97 Å². The molecule has 1 heterocycles. The van der Waals surface area contributed by atoms with Gasteiger partial charge in [-0.3, -0.25) is 4.79 Å². The molecular formula is C17H18N4O3. The maximum absolute atomic E-state index is 12.1. The summed E-state index contributed by atoms with van der Waals surface area (Å²) < 4.78 is 4.90. The fourth-order valence-corrected chi connectivity index (χ4v) is 1.81. The molecule has 0 fully saturated rings. The molecule has 0 aliphatic heterocycles. The van der Waals surface area contributed by atoms with Crippen LogP contribution in [0.25, 0.3) is 0 Å². The van der Waals surface area contributed by atoms with E-state index in [2.05, 4.69) is 27.2 Å². The number of aromatic nitrogens is 2. The van der Waals surface area contributed by atoms with Crippen LogP contribution in [-0.4, -0.2) is 35.0 Å². The number of rotatable bonds is 7. The first-order valence-electron chi connectivity index (χ1n) is 7.39. The monoisotopic (exact) mass is 326 g/mol. The second-order valence-electron chi connectivity index (χ2n) is 4.72. The minimum absolute atomic E-state index is 0.314. The van der Waals surface area contributed by atoms with E-state index < -0.39 is 5.97 Å². The number of hydrogen-bond donors (Lipinski definition) is 2. The number of anilines is 2. The summed E-state index contributed by atoms with van der Waals surface area (Å²) in [5, 5.41) is 5.63. The van der Waals surface area contributed by atoms with Crippen molar-refractivity contribution in [2.24, 2.45) is 0 Å². The van der Waals surface area contributed by atoms with E-state index in [1.165, 1.54) is 12.4 Å². The molecule has 0 unspecified atom stereocenters. The van der Waals surface area contributed by atoms with Crippen LogP contribution in [0.3, 0.4) is 0 Å². The van der Waals surface area contributed by atoms with Crippen molar-refractivity contribution in [2.75, 3.05) is 23.8 Å². The third-order valence-corrected chi connectivity index (χ3v) is 2.97. The molecule has 2 N–H and O–H groups in total. The number of ether oxygens (including phenoxy) is 1. The molecule has 7 heteroatoms. The van der Waals surface area contributed by atoms with Crippen molar-refractivity contribution in [3.8, 4) is 0 Å². The van der Waals surface area contributed by atoms with E-state index in [1.54, 1.807) is 37.3 Å². The smallest absolute Gasteiger partial charge is 0.338 e. The van der Waals surface area contributed by atoms with Crippen LogP contribution in [0, 0.1) is 0 Å². The summed E-state index contributed by atoms with van der Waals surface area (Å²) in [6, 6.07) is 6.44. The second kappa shape index (κ2) is 8.42. The first-order valence-corrected chi connectivity index (χ1v) is 7.39. The topological polar surface area (TPSA) is 93.2 Å².